The number of rotatable bonds is 5. The summed E-state index contributed by atoms with van der Waals surface area (Å²) in [5.74, 6) is -0.446. The fourth-order valence-corrected chi connectivity index (χ4v) is 4.92. The fraction of sp³-hybridized carbons (Fsp3) is 0.269. The first-order valence-electron chi connectivity index (χ1n) is 10.8. The smallest absolute Gasteiger partial charge is 0.338 e. The van der Waals surface area contributed by atoms with Crippen LogP contribution in [0.4, 0.5) is 5.69 Å². The molecule has 33 heavy (non-hydrogen) atoms. The third-order valence-electron chi connectivity index (χ3n) is 5.62. The Kier molecular flexibility index (Phi) is 6.33. The van der Waals surface area contributed by atoms with Crippen molar-refractivity contribution >= 4 is 29.1 Å². The van der Waals surface area contributed by atoms with E-state index >= 15 is 0 Å². The molecule has 0 aliphatic carbocycles. The number of carbonyl (C=O) groups is 1. The third-order valence-corrected chi connectivity index (χ3v) is 6.60. The van der Waals surface area contributed by atoms with E-state index in [1.807, 2.05) is 80.5 Å². The highest BCUT2D eigenvalue weighted by Crippen LogP contribution is 2.30. The van der Waals surface area contributed by atoms with E-state index in [1.54, 1.807) is 18.4 Å². The van der Waals surface area contributed by atoms with E-state index < -0.39 is 12.0 Å². The maximum absolute atomic E-state index is 13.6. The van der Waals surface area contributed by atoms with Gasteiger partial charge in [0.1, 0.15) is 0 Å². The molecule has 6 nitrogen and oxygen atoms in total. The molecule has 3 aromatic rings. The van der Waals surface area contributed by atoms with Crippen LogP contribution in [0.1, 0.15) is 36.6 Å². The van der Waals surface area contributed by atoms with Crippen LogP contribution in [-0.2, 0) is 9.53 Å². The quantitative estimate of drug-likeness (QED) is 0.548. The molecule has 1 unspecified atom stereocenters. The number of hydrogen-bond donors (Lipinski definition) is 0. The Morgan fingerprint density at radius 2 is 1.79 bits per heavy atom. The maximum atomic E-state index is 13.6. The number of aryl methyl sites for hydroxylation is 1. The minimum Gasteiger partial charge on any atom is -0.463 e. The molecule has 0 amide bonds. The molecule has 0 N–H and O–H groups in total. The molecule has 1 aliphatic rings. The van der Waals surface area contributed by atoms with Gasteiger partial charge in [-0.15, -0.1) is 0 Å². The molecule has 0 radical (unpaired) electrons. The number of allylic oxidation sites excluding steroid dienone is 1. The molecule has 1 aromatic heterocycles. The van der Waals surface area contributed by atoms with Gasteiger partial charge in [-0.05, 0) is 50.1 Å². The Balaban J connectivity index is 1.90. The Hall–Kier alpha value is -3.45. The summed E-state index contributed by atoms with van der Waals surface area (Å²) in [5, 5.41) is 0. The average Bonchev–Trinajstić information content (AvgIpc) is 3.08. The van der Waals surface area contributed by atoms with Crippen LogP contribution in [0.5, 0.6) is 0 Å². The lowest BCUT2D eigenvalue weighted by atomic mass is 9.95. The molecule has 0 fully saturated rings. The standard InChI is InChI=1S/C26H27N3O3S/c1-6-32-25(31)22-17(3)27-26-29(23(22)19-11-7-16(2)8-12-19)24(30)21(33-26)15-18-9-13-20(14-10-18)28(4)5/h7-15,23H,6H2,1-5H3/b21-15+. The monoisotopic (exact) mass is 461 g/mol. The van der Waals surface area contributed by atoms with Crippen molar-refractivity contribution in [2.24, 2.45) is 4.99 Å². The molecular formula is C26H27N3O3S. The van der Waals surface area contributed by atoms with Gasteiger partial charge in [0.2, 0.25) is 0 Å². The van der Waals surface area contributed by atoms with E-state index in [-0.39, 0.29) is 12.2 Å². The van der Waals surface area contributed by atoms with Crippen LogP contribution in [0.3, 0.4) is 0 Å². The van der Waals surface area contributed by atoms with Crippen molar-refractivity contribution in [3.63, 3.8) is 0 Å². The number of anilines is 1. The van der Waals surface area contributed by atoms with Crippen molar-refractivity contribution in [2.45, 2.75) is 26.8 Å². The Labute approximate surface area is 196 Å². The number of thiazole rings is 1. The zero-order valence-electron chi connectivity index (χ0n) is 19.5. The van der Waals surface area contributed by atoms with Crippen LogP contribution in [0.25, 0.3) is 6.08 Å². The molecule has 1 atom stereocenters. The summed E-state index contributed by atoms with van der Waals surface area (Å²) in [6.45, 7) is 5.82. The van der Waals surface area contributed by atoms with Gasteiger partial charge in [0.25, 0.3) is 5.56 Å². The molecule has 0 bridgehead atoms. The van der Waals surface area contributed by atoms with Crippen LogP contribution in [0.15, 0.2) is 69.6 Å². The zero-order valence-corrected chi connectivity index (χ0v) is 20.3. The molecule has 0 saturated heterocycles. The lowest BCUT2D eigenvalue weighted by Gasteiger charge is -2.24. The number of carbonyl (C=O) groups excluding carboxylic acids is 1. The van der Waals surface area contributed by atoms with Crippen LogP contribution >= 0.6 is 11.3 Å². The molecule has 1 aliphatic heterocycles. The first-order chi connectivity index (χ1) is 15.8. The lowest BCUT2D eigenvalue weighted by Crippen LogP contribution is -2.39. The topological polar surface area (TPSA) is 63.9 Å². The molecule has 2 heterocycles. The van der Waals surface area contributed by atoms with Crippen molar-refractivity contribution in [2.75, 3.05) is 25.6 Å². The second kappa shape index (κ2) is 9.19. The van der Waals surface area contributed by atoms with E-state index in [4.69, 9.17) is 4.74 Å². The van der Waals surface area contributed by atoms with Gasteiger partial charge in [-0.3, -0.25) is 9.36 Å². The van der Waals surface area contributed by atoms with Crippen LogP contribution in [0.2, 0.25) is 0 Å². The number of aromatic nitrogens is 1. The van der Waals surface area contributed by atoms with E-state index in [9.17, 15) is 9.59 Å². The summed E-state index contributed by atoms with van der Waals surface area (Å²) < 4.78 is 7.52. The molecule has 2 aromatic carbocycles. The summed E-state index contributed by atoms with van der Waals surface area (Å²) in [6, 6.07) is 15.3. The highest BCUT2D eigenvalue weighted by molar-refractivity contribution is 7.07. The van der Waals surface area contributed by atoms with Crippen molar-refractivity contribution in [3.8, 4) is 0 Å². The lowest BCUT2D eigenvalue weighted by molar-refractivity contribution is -0.139. The number of hydrogen-bond acceptors (Lipinski definition) is 6. The first-order valence-corrected chi connectivity index (χ1v) is 11.7. The minimum atomic E-state index is -0.584. The molecule has 0 spiro atoms. The maximum Gasteiger partial charge on any atom is 0.338 e. The van der Waals surface area contributed by atoms with Gasteiger partial charge in [0, 0.05) is 19.8 Å². The van der Waals surface area contributed by atoms with Gasteiger partial charge >= 0.3 is 5.97 Å². The summed E-state index contributed by atoms with van der Waals surface area (Å²) >= 11 is 1.33. The van der Waals surface area contributed by atoms with Crippen LogP contribution in [0, 0.1) is 6.92 Å². The molecular weight excluding hydrogens is 434 g/mol. The van der Waals surface area contributed by atoms with Gasteiger partial charge < -0.3 is 9.64 Å². The normalized spacial score (nSPS) is 15.8. The second-order valence-corrected chi connectivity index (χ2v) is 9.21. The third kappa shape index (κ3) is 4.41. The van der Waals surface area contributed by atoms with Gasteiger partial charge in [-0.25, -0.2) is 9.79 Å². The van der Waals surface area contributed by atoms with Gasteiger partial charge in [0.05, 0.1) is 28.5 Å². The summed E-state index contributed by atoms with van der Waals surface area (Å²) in [4.78, 5) is 33.7. The number of esters is 1. The number of benzene rings is 2. The molecule has 7 heteroatoms. The average molecular weight is 462 g/mol. The van der Waals surface area contributed by atoms with Crippen LogP contribution in [-0.4, -0.2) is 31.2 Å². The Bertz CT molecular complexity index is 1390. The molecule has 4 rings (SSSR count). The summed E-state index contributed by atoms with van der Waals surface area (Å²) in [7, 11) is 3.98. The summed E-state index contributed by atoms with van der Waals surface area (Å²) in [6.07, 6.45) is 1.87. The predicted octanol–water partition coefficient (Wildman–Crippen LogP) is 3.17. The van der Waals surface area contributed by atoms with Crippen LogP contribution < -0.4 is 19.8 Å². The van der Waals surface area contributed by atoms with Crippen molar-refractivity contribution in [3.05, 3.63) is 96.2 Å². The van der Waals surface area contributed by atoms with Gasteiger partial charge in [0.15, 0.2) is 4.80 Å². The van der Waals surface area contributed by atoms with Crippen molar-refractivity contribution < 1.29 is 9.53 Å². The zero-order chi connectivity index (χ0) is 23.7. The van der Waals surface area contributed by atoms with E-state index in [1.165, 1.54) is 11.3 Å². The number of fused-ring (bicyclic) bond motifs is 1. The number of ether oxygens (including phenoxy) is 1. The van der Waals surface area contributed by atoms with E-state index in [0.717, 1.165) is 22.4 Å². The van der Waals surface area contributed by atoms with Gasteiger partial charge in [-0.2, -0.15) is 0 Å². The summed E-state index contributed by atoms with van der Waals surface area (Å²) in [5.41, 5.74) is 4.76. The Morgan fingerprint density at radius 1 is 1.12 bits per heavy atom. The Morgan fingerprint density at radius 3 is 2.39 bits per heavy atom. The molecule has 0 saturated carbocycles. The highest BCUT2D eigenvalue weighted by atomic mass is 32.1. The molecule has 170 valence electrons. The van der Waals surface area contributed by atoms with Crippen molar-refractivity contribution in [1.82, 2.24) is 4.57 Å². The second-order valence-electron chi connectivity index (χ2n) is 8.20. The minimum absolute atomic E-state index is 0.171. The van der Waals surface area contributed by atoms with E-state index in [0.29, 0.717) is 20.6 Å². The van der Waals surface area contributed by atoms with Gasteiger partial charge in [-0.1, -0.05) is 53.3 Å². The van der Waals surface area contributed by atoms with E-state index in [2.05, 4.69) is 4.99 Å². The van der Waals surface area contributed by atoms with Crippen molar-refractivity contribution in [1.29, 1.82) is 0 Å². The largest absolute Gasteiger partial charge is 0.463 e. The predicted molar refractivity (Wildman–Crippen MR) is 132 cm³/mol. The SMILES string of the molecule is CCOC(=O)C1=C(C)N=c2s/c(=C/c3ccc(N(C)C)cc3)c(=O)n2C1c1ccc(C)cc1. The highest BCUT2D eigenvalue weighted by Gasteiger charge is 2.33. The first kappa shape index (κ1) is 22.7. The number of nitrogens with zero attached hydrogens (tertiary/aromatic N) is 3. The fourth-order valence-electron chi connectivity index (χ4n) is 3.88.